The zero-order chi connectivity index (χ0) is 67.8. The van der Waals surface area contributed by atoms with Crippen molar-refractivity contribution in [3.63, 3.8) is 0 Å². The number of thioether (sulfide) groups is 1. The lowest BCUT2D eigenvalue weighted by Crippen LogP contribution is -2.29. The zero-order valence-corrected chi connectivity index (χ0v) is 56.0. The van der Waals surface area contributed by atoms with Crippen LogP contribution in [0.25, 0.3) is 0 Å². The second-order valence-corrected chi connectivity index (χ2v) is 23.4. The van der Waals surface area contributed by atoms with Crippen LogP contribution in [0.3, 0.4) is 0 Å². The summed E-state index contributed by atoms with van der Waals surface area (Å²) in [6, 6.07) is 39.6. The number of imide groups is 3. The van der Waals surface area contributed by atoms with E-state index in [1.54, 1.807) is 66.3 Å². The summed E-state index contributed by atoms with van der Waals surface area (Å²) in [6.45, 7) is 13.3. The number of hydrogen-bond donors (Lipinski definition) is 2. The van der Waals surface area contributed by atoms with Gasteiger partial charge in [-0.05, 0) is 117 Å². The van der Waals surface area contributed by atoms with Crippen LogP contribution in [0.2, 0.25) is 0 Å². The molecule has 0 fully saturated rings. The van der Waals surface area contributed by atoms with Crippen molar-refractivity contribution in [1.82, 2.24) is 30.1 Å². The third-order valence-corrected chi connectivity index (χ3v) is 16.0. The molecule has 480 valence electrons. The third kappa shape index (κ3) is 36.4. The minimum atomic E-state index is -0.279. The molecule has 2 N–H and O–H groups in total. The van der Waals surface area contributed by atoms with E-state index in [9.17, 15) is 52.7 Å². The fourth-order valence-electron chi connectivity index (χ4n) is 5.88. The van der Waals surface area contributed by atoms with Gasteiger partial charge in [-0.25, -0.2) is 19.9 Å². The van der Waals surface area contributed by atoms with Crippen LogP contribution in [0.5, 0.6) is 0 Å². The van der Waals surface area contributed by atoms with Gasteiger partial charge in [0, 0.05) is 99.8 Å². The van der Waals surface area contributed by atoms with E-state index in [2.05, 4.69) is 25.6 Å². The van der Waals surface area contributed by atoms with Crippen molar-refractivity contribution in [2.45, 2.75) is 76.4 Å². The molecule has 0 aliphatic carbocycles. The van der Waals surface area contributed by atoms with E-state index in [0.29, 0.717) is 42.3 Å². The first kappa shape index (κ1) is 80.1. The molecular weight excluding hydrogens is 1260 g/mol. The molecule has 3 aliphatic rings. The number of rotatable bonds is 17. The summed E-state index contributed by atoms with van der Waals surface area (Å²) in [7, 11) is 9.15. The first-order valence-corrected chi connectivity index (χ1v) is 33.4. The molecule has 8 amide bonds. The van der Waals surface area contributed by atoms with Crippen LogP contribution in [0, 0.1) is 20.8 Å². The highest BCUT2D eigenvalue weighted by Crippen LogP contribution is 2.30. The molecule has 25 heteroatoms. The molecule has 0 bridgehead atoms. The summed E-state index contributed by atoms with van der Waals surface area (Å²) in [5.41, 5.74) is 5.65. The number of amides is 8. The first-order chi connectivity index (χ1) is 43.7. The van der Waals surface area contributed by atoms with Crippen LogP contribution in [-0.4, -0.2) is 135 Å². The van der Waals surface area contributed by atoms with Gasteiger partial charge in [0.1, 0.15) is 34.7 Å². The van der Waals surface area contributed by atoms with Crippen molar-refractivity contribution < 1.29 is 57.5 Å². The Labute approximate surface area is 551 Å². The molecule has 9 rings (SSSR count). The Balaban J connectivity index is 0.000000530. The third-order valence-electron chi connectivity index (χ3n) is 10.7. The molecule has 0 saturated heterocycles. The Morgan fingerprint density at radius 2 is 0.923 bits per heavy atom. The van der Waals surface area contributed by atoms with Gasteiger partial charge in [0.2, 0.25) is 11.8 Å². The van der Waals surface area contributed by atoms with Crippen LogP contribution >= 0.6 is 54.9 Å². The molecule has 3 aliphatic heterocycles. The SMILES string of the molecule is CC=O.CCC(=O)CSSc1ccccn1.CCC=O.CCN1C(=O)C=CC1=O.CN1C(=O)C=CC1=O.CNC(=O)CSc1ccccn1.Cc1ccc(C=O)cc1.Cc1ccc(N2C(=O)C=CC2=O)cc1.Cc1ccc(NC(=O)CSSc2ccccn2)cc1. The van der Waals surface area contributed by atoms with Crippen LogP contribution in [0.15, 0.2) is 198 Å². The maximum Gasteiger partial charge on any atom is 0.258 e. The Morgan fingerprint density at radius 1 is 0.516 bits per heavy atom. The summed E-state index contributed by atoms with van der Waals surface area (Å²) in [5.74, 6) is 0.240. The van der Waals surface area contributed by atoms with Gasteiger partial charge in [0.25, 0.3) is 35.4 Å². The van der Waals surface area contributed by atoms with Crippen molar-refractivity contribution in [3.8, 4) is 0 Å². The summed E-state index contributed by atoms with van der Waals surface area (Å²) >= 11 is 1.43. The van der Waals surface area contributed by atoms with E-state index in [4.69, 9.17) is 4.79 Å². The van der Waals surface area contributed by atoms with Crippen LogP contribution in [-0.2, 0) is 52.7 Å². The van der Waals surface area contributed by atoms with Gasteiger partial charge < -0.3 is 20.2 Å². The number of ketones is 1. The number of likely N-dealkylation sites (N-methyl/N-ethyl adjacent to an activating group) is 2. The van der Waals surface area contributed by atoms with Crippen LogP contribution in [0.4, 0.5) is 11.4 Å². The standard InChI is InChI=1S/C14H14N2OS2.C11H9NO2.C9H11NOS2.C8H10N2OS.C8H8O.C6H7NO2.C5H5NO2.C3H6O.C2H4O/c1-11-5-7-12(8-6-11)16-13(17)10-18-19-14-4-2-3-9-15-14;1-8-2-4-9(5-3-8)12-10(13)6-7-11(12)14;1-2-8(11)7-12-13-9-5-3-4-6-10-9;1-9-7(11)6-12-8-4-2-3-5-10-8;1-7-2-4-8(6-9)5-3-7;1-2-7-5(8)3-4-6(7)9;1-6-4(7)2-3-5(6)8;1-2-3-4;1-2-3/h2-9H,10H2,1H3,(H,16,17);2-7H,1H3;3-6H,2,7H2,1H3;2-5H,6H2,1H3,(H,9,11);2-6H,1H3;3-4H,2H2,1H3;2-3H,1H3;3H,2H2,1H3;2H,1H3. The van der Waals surface area contributed by atoms with Crippen molar-refractivity contribution in [2.24, 2.45) is 0 Å². The molecule has 3 aromatic carbocycles. The zero-order valence-electron chi connectivity index (χ0n) is 51.9. The number of benzene rings is 3. The highest BCUT2D eigenvalue weighted by atomic mass is 33.1. The number of aromatic nitrogens is 3. The lowest BCUT2D eigenvalue weighted by atomic mass is 10.2. The summed E-state index contributed by atoms with van der Waals surface area (Å²) < 4.78 is 0. The van der Waals surface area contributed by atoms with E-state index < -0.39 is 0 Å². The maximum atomic E-state index is 11.7. The predicted molar refractivity (Wildman–Crippen MR) is 365 cm³/mol. The monoisotopic (exact) mass is 1330 g/mol. The number of carbonyl (C=O) groups is 12. The van der Waals surface area contributed by atoms with Gasteiger partial charge in [-0.1, -0.05) is 131 Å². The molecule has 91 heavy (non-hydrogen) atoms. The predicted octanol–water partition coefficient (Wildman–Crippen LogP) is 11.0. The lowest BCUT2D eigenvalue weighted by molar-refractivity contribution is -0.137. The number of pyridine rings is 3. The molecule has 6 aromatic rings. The maximum absolute atomic E-state index is 11.7. The van der Waals surface area contributed by atoms with Gasteiger partial charge in [0.15, 0.2) is 0 Å². The van der Waals surface area contributed by atoms with E-state index in [0.717, 1.165) is 60.6 Å². The molecular formula is C66H74N8O12S5. The fourth-order valence-corrected chi connectivity index (χ4v) is 10.4. The van der Waals surface area contributed by atoms with E-state index >= 15 is 0 Å². The van der Waals surface area contributed by atoms with Gasteiger partial charge >= 0.3 is 0 Å². The molecule has 0 unspecified atom stereocenters. The van der Waals surface area contributed by atoms with Gasteiger partial charge in [-0.2, -0.15) is 0 Å². The number of nitrogens with zero attached hydrogens (tertiary/aromatic N) is 6. The number of anilines is 2. The summed E-state index contributed by atoms with van der Waals surface area (Å²) in [5, 5.41) is 8.15. The Kier molecular flexibility index (Phi) is 43.1. The molecule has 20 nitrogen and oxygen atoms in total. The number of aryl methyl sites for hydroxylation is 3. The van der Waals surface area contributed by atoms with E-state index in [1.165, 1.54) is 99.8 Å². The topological polar surface area (TPSA) is 277 Å². The fraction of sp³-hybridized carbons (Fsp3) is 0.227. The van der Waals surface area contributed by atoms with Crippen LogP contribution in [0.1, 0.15) is 67.6 Å². The highest BCUT2D eigenvalue weighted by Gasteiger charge is 2.25. The minimum Gasteiger partial charge on any atom is -0.358 e. The largest absolute Gasteiger partial charge is 0.358 e. The van der Waals surface area contributed by atoms with Gasteiger partial charge in [-0.15, -0.1) is 0 Å². The molecule has 3 aromatic heterocycles. The van der Waals surface area contributed by atoms with Crippen molar-refractivity contribution >= 4 is 138 Å². The molecule has 0 spiro atoms. The van der Waals surface area contributed by atoms with Crippen molar-refractivity contribution in [1.29, 1.82) is 0 Å². The summed E-state index contributed by atoms with van der Waals surface area (Å²) in [6.07, 6.45) is 16.6. The molecule has 6 heterocycles. The molecule has 0 radical (unpaired) electrons. The second-order valence-electron chi connectivity index (χ2n) is 17.8. The number of carbonyl (C=O) groups excluding carboxylic acids is 12. The number of aldehydes is 3. The normalized spacial score (nSPS) is 11.8. The van der Waals surface area contributed by atoms with Gasteiger partial charge in [-0.3, -0.25) is 57.7 Å². The average molecular weight is 1330 g/mol. The highest BCUT2D eigenvalue weighted by molar-refractivity contribution is 8.77. The Hall–Kier alpha value is -8.88. The Morgan fingerprint density at radius 3 is 1.29 bits per heavy atom. The van der Waals surface area contributed by atoms with Crippen LogP contribution < -0.4 is 15.5 Å². The van der Waals surface area contributed by atoms with Crippen molar-refractivity contribution in [3.05, 3.63) is 205 Å². The first-order valence-electron chi connectivity index (χ1n) is 27.8. The minimum absolute atomic E-state index is 0.00251. The number of Topliss-reactive ketones (excluding diaryl/α,β-unsaturated/α-hetero) is 1. The molecule has 0 atom stereocenters. The second kappa shape index (κ2) is 49.0. The molecule has 0 saturated carbocycles. The van der Waals surface area contributed by atoms with Gasteiger partial charge in [0.05, 0.1) is 28.0 Å². The quantitative estimate of drug-likeness (QED) is 0.0371. The Bertz CT molecular complexity index is 3270. The average Bonchev–Trinajstić information content (AvgIpc) is 4.35. The number of hydrogen-bond acceptors (Lipinski definition) is 20. The lowest BCUT2D eigenvalue weighted by Gasteiger charge is -2.13. The summed E-state index contributed by atoms with van der Waals surface area (Å²) in [4.78, 5) is 142. The smallest absolute Gasteiger partial charge is 0.258 e. The van der Waals surface area contributed by atoms with Crippen molar-refractivity contribution in [2.75, 3.05) is 48.1 Å². The van der Waals surface area contributed by atoms with E-state index in [-0.39, 0.29) is 53.0 Å². The number of nitrogens with one attached hydrogen (secondary N) is 2. The van der Waals surface area contributed by atoms with E-state index in [1.807, 2.05) is 150 Å².